The summed E-state index contributed by atoms with van der Waals surface area (Å²) in [5, 5.41) is 0.702. The van der Waals surface area contributed by atoms with Gasteiger partial charge in [-0.15, -0.1) is 0 Å². The lowest BCUT2D eigenvalue weighted by Crippen LogP contribution is -2.26. The Bertz CT molecular complexity index is 267. The van der Waals surface area contributed by atoms with Gasteiger partial charge in [-0.25, -0.2) is 0 Å². The van der Waals surface area contributed by atoms with Crippen LogP contribution in [0.5, 0.6) is 5.75 Å². The quantitative estimate of drug-likeness (QED) is 0.420. The van der Waals surface area contributed by atoms with Gasteiger partial charge >= 0.3 is 0 Å². The monoisotopic (exact) mass is 230 g/mol. The van der Waals surface area contributed by atoms with E-state index in [1.165, 1.54) is 0 Å². The van der Waals surface area contributed by atoms with E-state index in [0.717, 1.165) is 5.75 Å². The largest absolute Gasteiger partial charge is 0.491 e. The van der Waals surface area contributed by atoms with Gasteiger partial charge < -0.3 is 9.47 Å². The summed E-state index contributed by atoms with van der Waals surface area (Å²) in [6, 6.07) is 7.22. The molecule has 0 atom stereocenters. The van der Waals surface area contributed by atoms with Crippen molar-refractivity contribution >= 4 is 11.6 Å². The van der Waals surface area contributed by atoms with Crippen molar-refractivity contribution in [2.75, 3.05) is 26.4 Å². The molecule has 3 N–H and O–H groups in total. The van der Waals surface area contributed by atoms with Gasteiger partial charge in [0, 0.05) is 11.6 Å². The van der Waals surface area contributed by atoms with Gasteiger partial charge in [0.25, 0.3) is 0 Å². The normalized spacial score (nSPS) is 10.3. The number of nitrogens with two attached hydrogens (primary N) is 1. The number of benzene rings is 1. The lowest BCUT2D eigenvalue weighted by atomic mass is 10.3. The summed E-state index contributed by atoms with van der Waals surface area (Å²) in [4.78, 5) is 0. The number of halogens is 1. The van der Waals surface area contributed by atoms with E-state index in [-0.39, 0.29) is 0 Å². The van der Waals surface area contributed by atoms with Crippen LogP contribution >= 0.6 is 11.6 Å². The third kappa shape index (κ3) is 5.59. The number of rotatable bonds is 7. The lowest BCUT2D eigenvalue weighted by molar-refractivity contribution is 0.102. The third-order valence-corrected chi connectivity index (χ3v) is 1.95. The molecule has 0 bridgehead atoms. The second-order valence-corrected chi connectivity index (χ2v) is 3.31. The molecule has 0 radical (unpaired) electrons. The van der Waals surface area contributed by atoms with Gasteiger partial charge in [0.1, 0.15) is 12.4 Å². The van der Waals surface area contributed by atoms with Crippen LogP contribution in [0.1, 0.15) is 0 Å². The first-order chi connectivity index (χ1) is 7.33. The van der Waals surface area contributed by atoms with Crippen molar-refractivity contribution in [2.24, 2.45) is 5.84 Å². The molecule has 0 amide bonds. The summed E-state index contributed by atoms with van der Waals surface area (Å²) < 4.78 is 10.6. The summed E-state index contributed by atoms with van der Waals surface area (Å²) in [5.41, 5.74) is 2.50. The average Bonchev–Trinajstić information content (AvgIpc) is 2.26. The molecule has 1 aromatic rings. The lowest BCUT2D eigenvalue weighted by Gasteiger charge is -2.06. The number of nitrogens with one attached hydrogen (secondary N) is 1. The fourth-order valence-electron chi connectivity index (χ4n) is 0.982. The van der Waals surface area contributed by atoms with Crippen molar-refractivity contribution in [2.45, 2.75) is 0 Å². The maximum Gasteiger partial charge on any atom is 0.119 e. The van der Waals surface area contributed by atoms with Crippen molar-refractivity contribution < 1.29 is 9.47 Å². The molecule has 84 valence electrons. The van der Waals surface area contributed by atoms with Crippen molar-refractivity contribution in [3.63, 3.8) is 0 Å². The van der Waals surface area contributed by atoms with Gasteiger partial charge in [-0.05, 0) is 24.3 Å². The fraction of sp³-hybridized carbons (Fsp3) is 0.400. The highest BCUT2D eigenvalue weighted by Gasteiger charge is 1.93. The minimum atomic E-state index is 0.520. The second kappa shape index (κ2) is 7.48. The van der Waals surface area contributed by atoms with E-state index in [0.29, 0.717) is 31.4 Å². The van der Waals surface area contributed by atoms with Crippen molar-refractivity contribution in [3.8, 4) is 5.75 Å². The van der Waals surface area contributed by atoms with E-state index >= 15 is 0 Å². The number of hydrazine groups is 1. The SMILES string of the molecule is NNCCOCCOc1ccc(Cl)cc1. The van der Waals surface area contributed by atoms with E-state index < -0.39 is 0 Å². The fourth-order valence-corrected chi connectivity index (χ4v) is 1.11. The van der Waals surface area contributed by atoms with Gasteiger partial charge in [0.05, 0.1) is 13.2 Å². The van der Waals surface area contributed by atoms with Crippen LogP contribution in [-0.4, -0.2) is 26.4 Å². The van der Waals surface area contributed by atoms with E-state index in [1.54, 1.807) is 12.1 Å². The minimum Gasteiger partial charge on any atom is -0.491 e. The zero-order valence-electron chi connectivity index (χ0n) is 8.41. The molecule has 0 saturated carbocycles. The van der Waals surface area contributed by atoms with Gasteiger partial charge in [-0.2, -0.15) is 0 Å². The first-order valence-corrected chi connectivity index (χ1v) is 5.10. The molecule has 0 aliphatic carbocycles. The van der Waals surface area contributed by atoms with Crippen LogP contribution in [0.2, 0.25) is 5.02 Å². The first kappa shape index (κ1) is 12.3. The summed E-state index contributed by atoms with van der Waals surface area (Å²) in [6.45, 7) is 2.29. The van der Waals surface area contributed by atoms with Crippen LogP contribution in [-0.2, 0) is 4.74 Å². The second-order valence-electron chi connectivity index (χ2n) is 2.87. The first-order valence-electron chi connectivity index (χ1n) is 4.72. The molecule has 0 aliphatic heterocycles. The molecule has 1 rings (SSSR count). The summed E-state index contributed by atoms with van der Waals surface area (Å²) in [7, 11) is 0. The van der Waals surface area contributed by atoms with E-state index in [4.69, 9.17) is 26.9 Å². The number of ether oxygens (including phenoxy) is 2. The van der Waals surface area contributed by atoms with Crippen LogP contribution in [0.25, 0.3) is 0 Å². The number of hydrogen-bond donors (Lipinski definition) is 2. The average molecular weight is 231 g/mol. The molecule has 4 nitrogen and oxygen atoms in total. The highest BCUT2D eigenvalue weighted by atomic mass is 35.5. The standard InChI is InChI=1S/C10H15ClN2O2/c11-9-1-3-10(4-2-9)15-8-7-14-6-5-13-12/h1-4,13H,5-8,12H2. The zero-order chi connectivity index (χ0) is 10.9. The van der Waals surface area contributed by atoms with Crippen LogP contribution in [0.3, 0.4) is 0 Å². The minimum absolute atomic E-state index is 0.520. The van der Waals surface area contributed by atoms with Gasteiger partial charge in [0.2, 0.25) is 0 Å². The van der Waals surface area contributed by atoms with Crippen LogP contribution in [0, 0.1) is 0 Å². The van der Waals surface area contributed by atoms with Crippen molar-refractivity contribution in [1.29, 1.82) is 0 Å². The molecule has 1 aromatic carbocycles. The molecule has 0 saturated heterocycles. The summed E-state index contributed by atoms with van der Waals surface area (Å²) in [5.74, 6) is 5.87. The number of hydrogen-bond acceptors (Lipinski definition) is 4. The van der Waals surface area contributed by atoms with Crippen molar-refractivity contribution in [1.82, 2.24) is 5.43 Å². The molecule has 0 fully saturated rings. The maximum atomic E-state index is 5.73. The van der Waals surface area contributed by atoms with Gasteiger partial charge in [0.15, 0.2) is 0 Å². The van der Waals surface area contributed by atoms with Crippen LogP contribution in [0.4, 0.5) is 0 Å². The Morgan fingerprint density at radius 3 is 2.53 bits per heavy atom. The maximum absolute atomic E-state index is 5.73. The molecule has 0 unspecified atom stereocenters. The Balaban J connectivity index is 2.07. The van der Waals surface area contributed by atoms with Crippen molar-refractivity contribution in [3.05, 3.63) is 29.3 Å². The Kier molecular flexibility index (Phi) is 6.11. The predicted octanol–water partition coefficient (Wildman–Crippen LogP) is 1.20. The van der Waals surface area contributed by atoms with Gasteiger partial charge in [-0.3, -0.25) is 11.3 Å². The van der Waals surface area contributed by atoms with Crippen LogP contribution in [0.15, 0.2) is 24.3 Å². The Morgan fingerprint density at radius 1 is 1.13 bits per heavy atom. The molecule has 0 spiro atoms. The molecular weight excluding hydrogens is 216 g/mol. The molecule has 0 heterocycles. The Morgan fingerprint density at radius 2 is 1.87 bits per heavy atom. The van der Waals surface area contributed by atoms with E-state index in [9.17, 15) is 0 Å². The third-order valence-electron chi connectivity index (χ3n) is 1.70. The van der Waals surface area contributed by atoms with E-state index in [1.807, 2.05) is 12.1 Å². The zero-order valence-corrected chi connectivity index (χ0v) is 9.17. The molecule has 0 aliphatic rings. The summed E-state index contributed by atoms with van der Waals surface area (Å²) in [6.07, 6.45) is 0. The highest BCUT2D eigenvalue weighted by molar-refractivity contribution is 6.30. The van der Waals surface area contributed by atoms with E-state index in [2.05, 4.69) is 5.43 Å². The Hall–Kier alpha value is -0.810. The Labute approximate surface area is 94.3 Å². The molecule has 0 aromatic heterocycles. The molecule has 5 heteroatoms. The topological polar surface area (TPSA) is 56.5 Å². The molecule has 15 heavy (non-hydrogen) atoms. The molecular formula is C10H15ClN2O2. The predicted molar refractivity (Wildman–Crippen MR) is 60.0 cm³/mol. The smallest absolute Gasteiger partial charge is 0.119 e. The van der Waals surface area contributed by atoms with Gasteiger partial charge in [-0.1, -0.05) is 11.6 Å². The highest BCUT2D eigenvalue weighted by Crippen LogP contribution is 2.15. The summed E-state index contributed by atoms with van der Waals surface area (Å²) >= 11 is 5.73. The van der Waals surface area contributed by atoms with Crippen LogP contribution < -0.4 is 16.0 Å².